The van der Waals surface area contributed by atoms with Crippen LogP contribution >= 0.6 is 0 Å². The molecule has 2 aromatic carbocycles. The fourth-order valence-corrected chi connectivity index (χ4v) is 3.04. The fraction of sp³-hybridized carbons (Fsp3) is 0.250. The van der Waals surface area contributed by atoms with Gasteiger partial charge >= 0.3 is 11.9 Å². The highest BCUT2D eigenvalue weighted by molar-refractivity contribution is 6.02. The number of esters is 2. The van der Waals surface area contributed by atoms with Gasteiger partial charge in [-0.3, -0.25) is 24.5 Å². The van der Waals surface area contributed by atoms with Crippen molar-refractivity contribution in [1.29, 1.82) is 0 Å². The van der Waals surface area contributed by atoms with Crippen LogP contribution in [0.25, 0.3) is 0 Å². The van der Waals surface area contributed by atoms with Crippen LogP contribution in [0.1, 0.15) is 21.8 Å². The molecule has 0 bridgehead atoms. The van der Waals surface area contributed by atoms with Gasteiger partial charge in [0.15, 0.2) is 5.92 Å². The first-order chi connectivity index (χ1) is 13.4. The molecular weight excluding hydrogens is 366 g/mol. The summed E-state index contributed by atoms with van der Waals surface area (Å²) < 4.78 is 9.36. The maximum absolute atomic E-state index is 13.0. The van der Waals surface area contributed by atoms with Crippen LogP contribution in [0.2, 0.25) is 0 Å². The smallest absolute Gasteiger partial charge is 0.320 e. The summed E-state index contributed by atoms with van der Waals surface area (Å²) in [4.78, 5) is 48.8. The minimum absolute atomic E-state index is 0.0959. The average molecular weight is 385 g/mol. The molecule has 146 valence electrons. The van der Waals surface area contributed by atoms with Crippen LogP contribution in [0.4, 0.5) is 0 Å². The van der Waals surface area contributed by atoms with E-state index in [1.807, 2.05) is 0 Å². The first-order valence-electron chi connectivity index (χ1n) is 8.35. The van der Waals surface area contributed by atoms with Crippen molar-refractivity contribution in [3.8, 4) is 0 Å². The predicted octanol–water partition coefficient (Wildman–Crippen LogP) is 2.26. The molecule has 0 heterocycles. The maximum atomic E-state index is 13.0. The Balaban J connectivity index is 2.67. The second kappa shape index (κ2) is 9.40. The van der Waals surface area contributed by atoms with Crippen LogP contribution < -0.4 is 0 Å². The van der Waals surface area contributed by atoms with Gasteiger partial charge in [-0.15, -0.1) is 0 Å². The number of methoxy groups -OCH3 is 2. The third-order valence-corrected chi connectivity index (χ3v) is 4.35. The highest BCUT2D eigenvalue weighted by atomic mass is 16.6. The molecule has 0 saturated carbocycles. The molecule has 28 heavy (non-hydrogen) atoms. The molecule has 0 unspecified atom stereocenters. The number of carbonyl (C=O) groups excluding carboxylic acids is 3. The summed E-state index contributed by atoms with van der Waals surface area (Å²) >= 11 is 0. The second-order valence-corrected chi connectivity index (χ2v) is 5.92. The van der Waals surface area contributed by atoms with Gasteiger partial charge in [-0.05, 0) is 5.56 Å². The molecule has 0 aliphatic heterocycles. The number of Topliss-reactive ketones (excluding diaryl/α,β-unsaturated/α-hetero) is 1. The number of ether oxygens (including phenoxy) is 2. The lowest BCUT2D eigenvalue weighted by Gasteiger charge is -2.25. The van der Waals surface area contributed by atoms with E-state index < -0.39 is 40.5 Å². The summed E-state index contributed by atoms with van der Waals surface area (Å²) in [6, 6.07) is 13.7. The number of hydrogen-bond donors (Lipinski definition) is 0. The van der Waals surface area contributed by atoms with E-state index in [1.54, 1.807) is 36.4 Å². The molecule has 0 aromatic heterocycles. The Kier molecular flexibility index (Phi) is 6.97. The number of ketones is 1. The molecule has 0 radical (unpaired) electrons. The zero-order valence-corrected chi connectivity index (χ0v) is 15.3. The van der Waals surface area contributed by atoms with Crippen LogP contribution in [0.15, 0.2) is 60.7 Å². The normalized spacial score (nSPS) is 12.7. The zero-order valence-electron chi connectivity index (χ0n) is 15.3. The summed E-state index contributed by atoms with van der Waals surface area (Å²) in [5.74, 6) is -5.96. The molecule has 2 atom stereocenters. The van der Waals surface area contributed by atoms with E-state index in [-0.39, 0.29) is 11.1 Å². The van der Waals surface area contributed by atoms with E-state index in [9.17, 15) is 24.5 Å². The molecule has 0 amide bonds. The first-order valence-corrected chi connectivity index (χ1v) is 8.35. The monoisotopic (exact) mass is 385 g/mol. The highest BCUT2D eigenvalue weighted by Crippen LogP contribution is 2.33. The van der Waals surface area contributed by atoms with Crippen molar-refractivity contribution < 1.29 is 28.8 Å². The second-order valence-electron chi connectivity index (χ2n) is 5.92. The van der Waals surface area contributed by atoms with E-state index in [1.165, 1.54) is 24.3 Å². The van der Waals surface area contributed by atoms with Crippen LogP contribution in [-0.2, 0) is 19.1 Å². The molecule has 0 spiro atoms. The van der Waals surface area contributed by atoms with Crippen molar-refractivity contribution in [3.05, 3.63) is 81.9 Å². The number of carbonyl (C=O) groups is 3. The average Bonchev–Trinajstić information content (AvgIpc) is 2.73. The Bertz CT molecular complexity index is 835. The van der Waals surface area contributed by atoms with Gasteiger partial charge in [-0.1, -0.05) is 60.7 Å². The van der Waals surface area contributed by atoms with Crippen LogP contribution in [0.3, 0.4) is 0 Å². The molecule has 0 fully saturated rings. The Labute approximate surface area is 161 Å². The van der Waals surface area contributed by atoms with Crippen molar-refractivity contribution in [3.63, 3.8) is 0 Å². The number of benzene rings is 2. The van der Waals surface area contributed by atoms with E-state index in [0.717, 1.165) is 14.2 Å². The van der Waals surface area contributed by atoms with E-state index >= 15 is 0 Å². The quantitative estimate of drug-likeness (QED) is 0.225. The first kappa shape index (κ1) is 20.8. The summed E-state index contributed by atoms with van der Waals surface area (Å²) in [6.45, 7) is 0. The molecule has 0 aliphatic carbocycles. The van der Waals surface area contributed by atoms with Gasteiger partial charge in [-0.25, -0.2) is 0 Å². The molecule has 2 rings (SSSR count). The SMILES string of the molecule is COC(=O)C(C(=O)OC)[C@@H](c1ccccc1)[C@H](C(=O)c1ccccc1)[N+](=O)[O-]. The summed E-state index contributed by atoms with van der Waals surface area (Å²) in [6.07, 6.45) is 0. The van der Waals surface area contributed by atoms with Crippen LogP contribution in [0, 0.1) is 16.0 Å². The Hall–Kier alpha value is -3.55. The minimum Gasteiger partial charge on any atom is -0.468 e. The molecule has 2 aromatic rings. The van der Waals surface area contributed by atoms with Crippen molar-refractivity contribution in [1.82, 2.24) is 0 Å². The van der Waals surface area contributed by atoms with E-state index in [4.69, 9.17) is 0 Å². The zero-order chi connectivity index (χ0) is 20.7. The third-order valence-electron chi connectivity index (χ3n) is 4.35. The number of rotatable bonds is 8. The molecule has 8 heteroatoms. The number of nitro groups is 1. The van der Waals surface area contributed by atoms with Gasteiger partial charge in [0, 0.05) is 10.5 Å². The predicted molar refractivity (Wildman–Crippen MR) is 98.3 cm³/mol. The third kappa shape index (κ3) is 4.40. The van der Waals surface area contributed by atoms with Crippen molar-refractivity contribution in [2.24, 2.45) is 5.92 Å². The lowest BCUT2D eigenvalue weighted by atomic mass is 9.78. The van der Waals surface area contributed by atoms with Gasteiger partial charge in [0.25, 0.3) is 6.04 Å². The maximum Gasteiger partial charge on any atom is 0.320 e. The fourth-order valence-electron chi connectivity index (χ4n) is 3.04. The van der Waals surface area contributed by atoms with Gasteiger partial charge in [0.05, 0.1) is 20.1 Å². The number of nitrogens with zero attached hydrogens (tertiary/aromatic N) is 1. The highest BCUT2D eigenvalue weighted by Gasteiger charge is 2.50. The van der Waals surface area contributed by atoms with Crippen molar-refractivity contribution in [2.75, 3.05) is 14.2 Å². The Morgan fingerprint density at radius 3 is 1.75 bits per heavy atom. The van der Waals surface area contributed by atoms with E-state index in [2.05, 4.69) is 9.47 Å². The molecular formula is C20H19NO7. The van der Waals surface area contributed by atoms with Crippen LogP contribution in [-0.4, -0.2) is 42.9 Å². The van der Waals surface area contributed by atoms with Crippen molar-refractivity contribution >= 4 is 17.7 Å². The molecule has 0 aliphatic rings. The van der Waals surface area contributed by atoms with E-state index in [0.29, 0.717) is 0 Å². The lowest BCUT2D eigenvalue weighted by Crippen LogP contribution is -2.45. The number of hydrogen-bond acceptors (Lipinski definition) is 7. The van der Waals surface area contributed by atoms with Crippen molar-refractivity contribution in [2.45, 2.75) is 12.0 Å². The molecule has 0 saturated heterocycles. The largest absolute Gasteiger partial charge is 0.468 e. The van der Waals surface area contributed by atoms with Gasteiger partial charge in [-0.2, -0.15) is 0 Å². The summed E-state index contributed by atoms with van der Waals surface area (Å²) in [7, 11) is 2.11. The lowest BCUT2D eigenvalue weighted by molar-refractivity contribution is -0.510. The molecule has 8 nitrogen and oxygen atoms in total. The van der Waals surface area contributed by atoms with Gasteiger partial charge in [0.2, 0.25) is 5.78 Å². The standard InChI is InChI=1S/C20H19NO7/c1-27-19(23)16(20(24)28-2)15(13-9-5-3-6-10-13)17(21(25)26)18(22)14-11-7-4-8-12-14/h3-12,15-17H,1-2H3/t15-,17-/m1/s1. The molecule has 0 N–H and O–H groups in total. The van der Waals surface area contributed by atoms with Crippen LogP contribution in [0.5, 0.6) is 0 Å². The van der Waals surface area contributed by atoms with Gasteiger partial charge < -0.3 is 9.47 Å². The topological polar surface area (TPSA) is 113 Å². The summed E-state index contributed by atoms with van der Waals surface area (Å²) in [5, 5.41) is 11.9. The Morgan fingerprint density at radius 1 is 0.857 bits per heavy atom. The summed E-state index contributed by atoms with van der Waals surface area (Å²) in [5.41, 5.74) is 0.368. The minimum atomic E-state index is -1.90. The van der Waals surface area contributed by atoms with Gasteiger partial charge in [0.1, 0.15) is 0 Å². The Morgan fingerprint density at radius 2 is 1.32 bits per heavy atom.